The van der Waals surface area contributed by atoms with Crippen LogP contribution in [0.1, 0.15) is 31.1 Å². The Morgan fingerprint density at radius 2 is 2.00 bits per heavy atom. The second-order valence-corrected chi connectivity index (χ2v) is 7.89. The summed E-state index contributed by atoms with van der Waals surface area (Å²) >= 11 is 9.94. The molecular formula is C18H16BrNO2S2. The second kappa shape index (κ2) is 7.68. The van der Waals surface area contributed by atoms with E-state index < -0.39 is 0 Å². The molecule has 124 valence electrons. The molecule has 0 saturated carbocycles. The molecule has 6 heteroatoms. The number of thioether (sulfide) groups is 1. The monoisotopic (exact) mass is 421 g/mol. The summed E-state index contributed by atoms with van der Waals surface area (Å²) < 4.78 is 6.61. The first-order valence-corrected chi connectivity index (χ1v) is 9.72. The molecule has 1 saturated heterocycles. The zero-order valence-electron chi connectivity index (χ0n) is 13.1. The minimum atomic E-state index is -0.112. The summed E-state index contributed by atoms with van der Waals surface area (Å²) in [5, 5.41) is 0. The molecule has 24 heavy (non-hydrogen) atoms. The number of benzene rings is 1. The zero-order chi connectivity index (χ0) is 17.1. The summed E-state index contributed by atoms with van der Waals surface area (Å²) in [5.74, 6) is 0.510. The van der Waals surface area contributed by atoms with Gasteiger partial charge < -0.3 is 4.42 Å². The van der Waals surface area contributed by atoms with Gasteiger partial charge in [0.25, 0.3) is 5.91 Å². The number of hydrogen-bond acceptors (Lipinski definition) is 4. The molecule has 1 aliphatic heterocycles. The number of anilines is 1. The van der Waals surface area contributed by atoms with Crippen molar-refractivity contribution in [2.75, 3.05) is 4.90 Å². The maximum absolute atomic E-state index is 12.7. The van der Waals surface area contributed by atoms with E-state index in [9.17, 15) is 4.79 Å². The number of unbranched alkanes of at least 4 members (excludes halogenated alkanes) is 1. The first-order valence-electron chi connectivity index (χ1n) is 7.70. The van der Waals surface area contributed by atoms with Crippen LogP contribution in [0.5, 0.6) is 0 Å². The van der Waals surface area contributed by atoms with Crippen molar-refractivity contribution < 1.29 is 9.21 Å². The van der Waals surface area contributed by atoms with Gasteiger partial charge in [0.05, 0.1) is 10.6 Å². The third kappa shape index (κ3) is 3.82. The molecule has 1 aromatic carbocycles. The van der Waals surface area contributed by atoms with E-state index in [0.717, 1.165) is 12.1 Å². The van der Waals surface area contributed by atoms with Crippen molar-refractivity contribution in [2.24, 2.45) is 0 Å². The maximum Gasteiger partial charge on any atom is 0.270 e. The molecule has 0 atom stereocenters. The topological polar surface area (TPSA) is 33.5 Å². The molecule has 0 bridgehead atoms. The molecule has 3 rings (SSSR count). The van der Waals surface area contributed by atoms with Gasteiger partial charge in [-0.1, -0.05) is 49.5 Å². The molecule has 1 aromatic heterocycles. The smallest absolute Gasteiger partial charge is 0.270 e. The van der Waals surface area contributed by atoms with Crippen LogP contribution in [0, 0.1) is 0 Å². The van der Waals surface area contributed by atoms with Gasteiger partial charge in [-0.25, -0.2) is 0 Å². The highest BCUT2D eigenvalue weighted by atomic mass is 79.9. The van der Waals surface area contributed by atoms with Crippen molar-refractivity contribution in [3.05, 3.63) is 57.3 Å². The Morgan fingerprint density at radius 3 is 2.62 bits per heavy atom. The Balaban J connectivity index is 1.80. The molecule has 0 unspecified atom stereocenters. The normalized spacial score (nSPS) is 16.4. The molecular weight excluding hydrogens is 406 g/mol. The summed E-state index contributed by atoms with van der Waals surface area (Å²) in [7, 11) is 0. The second-order valence-electron chi connectivity index (χ2n) is 5.43. The van der Waals surface area contributed by atoms with Crippen LogP contribution < -0.4 is 4.90 Å². The lowest BCUT2D eigenvalue weighted by Gasteiger charge is -2.15. The zero-order valence-corrected chi connectivity index (χ0v) is 16.3. The van der Waals surface area contributed by atoms with E-state index in [1.54, 1.807) is 23.1 Å². The lowest BCUT2D eigenvalue weighted by atomic mass is 10.1. The van der Waals surface area contributed by atoms with Crippen molar-refractivity contribution in [2.45, 2.75) is 26.2 Å². The highest BCUT2D eigenvalue weighted by molar-refractivity contribution is 9.10. The molecule has 1 aliphatic rings. The number of aryl methyl sites for hydroxylation is 1. The average Bonchev–Trinajstić information content (AvgIpc) is 3.10. The summed E-state index contributed by atoms with van der Waals surface area (Å²) in [5.41, 5.74) is 2.09. The van der Waals surface area contributed by atoms with Gasteiger partial charge in [-0.05, 0) is 58.6 Å². The van der Waals surface area contributed by atoms with E-state index in [1.165, 1.54) is 30.2 Å². The van der Waals surface area contributed by atoms with Gasteiger partial charge in [0, 0.05) is 6.08 Å². The van der Waals surface area contributed by atoms with Crippen molar-refractivity contribution in [1.82, 2.24) is 0 Å². The van der Waals surface area contributed by atoms with Crippen LogP contribution in [0.4, 0.5) is 5.69 Å². The quantitative estimate of drug-likeness (QED) is 0.451. The number of thiocarbonyl (C=S) groups is 1. The fourth-order valence-corrected chi connectivity index (χ4v) is 4.02. The van der Waals surface area contributed by atoms with Crippen LogP contribution in [-0.2, 0) is 11.2 Å². The first kappa shape index (κ1) is 17.5. The largest absolute Gasteiger partial charge is 0.450 e. The third-order valence-corrected chi connectivity index (χ3v) is 5.40. The van der Waals surface area contributed by atoms with Crippen LogP contribution in [0.25, 0.3) is 6.08 Å². The Hall–Kier alpha value is -1.37. The highest BCUT2D eigenvalue weighted by Crippen LogP contribution is 2.36. The van der Waals surface area contributed by atoms with Crippen molar-refractivity contribution >= 4 is 61.9 Å². The average molecular weight is 422 g/mol. The fourth-order valence-electron chi connectivity index (χ4n) is 2.42. The number of rotatable bonds is 5. The minimum Gasteiger partial charge on any atom is -0.450 e. The van der Waals surface area contributed by atoms with Crippen LogP contribution >= 0.6 is 39.9 Å². The maximum atomic E-state index is 12.7. The number of carbonyl (C=O) groups excluding carboxylic acids is 1. The van der Waals surface area contributed by atoms with E-state index in [4.69, 9.17) is 16.6 Å². The van der Waals surface area contributed by atoms with Gasteiger partial charge in [0.2, 0.25) is 0 Å². The van der Waals surface area contributed by atoms with Gasteiger partial charge >= 0.3 is 0 Å². The van der Waals surface area contributed by atoms with Crippen LogP contribution in [0.15, 0.2) is 50.4 Å². The standard InChI is InChI=1S/C18H16BrNO2S2/c1-2-3-4-12-5-7-13(8-6-12)20-17(21)15(24-18(20)23)11-14-9-10-16(19)22-14/h5-11H,2-4H2,1H3. The molecule has 2 heterocycles. The van der Waals surface area contributed by atoms with Crippen LogP contribution in [0.2, 0.25) is 0 Å². The Bertz CT molecular complexity index is 796. The first-order chi connectivity index (χ1) is 11.6. The van der Waals surface area contributed by atoms with Crippen LogP contribution in [-0.4, -0.2) is 10.2 Å². The fraction of sp³-hybridized carbons (Fsp3) is 0.222. The Morgan fingerprint density at radius 1 is 1.25 bits per heavy atom. The Labute approximate surface area is 159 Å². The highest BCUT2D eigenvalue weighted by Gasteiger charge is 2.33. The number of amides is 1. The number of carbonyl (C=O) groups is 1. The molecule has 0 aliphatic carbocycles. The number of hydrogen-bond donors (Lipinski definition) is 0. The summed E-state index contributed by atoms with van der Waals surface area (Å²) in [4.78, 5) is 14.8. The Kier molecular flexibility index (Phi) is 5.58. The molecule has 0 spiro atoms. The van der Waals surface area contributed by atoms with Gasteiger partial charge in [-0.15, -0.1) is 0 Å². The van der Waals surface area contributed by atoms with Gasteiger partial charge in [0.1, 0.15) is 5.76 Å². The SMILES string of the molecule is CCCCc1ccc(N2C(=O)C(=Cc3ccc(Br)o3)SC2=S)cc1. The molecule has 1 amide bonds. The predicted octanol–water partition coefficient (Wildman–Crippen LogP) is 5.79. The lowest BCUT2D eigenvalue weighted by Crippen LogP contribution is -2.27. The number of halogens is 1. The van der Waals surface area contributed by atoms with E-state index in [-0.39, 0.29) is 5.91 Å². The van der Waals surface area contributed by atoms with Crippen LogP contribution in [0.3, 0.4) is 0 Å². The van der Waals surface area contributed by atoms with Gasteiger partial charge in [0.15, 0.2) is 8.99 Å². The van der Waals surface area contributed by atoms with E-state index in [1.807, 2.05) is 12.1 Å². The van der Waals surface area contributed by atoms with Crippen molar-refractivity contribution in [3.63, 3.8) is 0 Å². The molecule has 1 fully saturated rings. The minimum absolute atomic E-state index is 0.112. The molecule has 2 aromatic rings. The van der Waals surface area contributed by atoms with E-state index in [0.29, 0.717) is 19.7 Å². The van der Waals surface area contributed by atoms with Gasteiger partial charge in [-0.3, -0.25) is 9.69 Å². The number of nitrogens with zero attached hydrogens (tertiary/aromatic N) is 1. The molecule has 3 nitrogen and oxygen atoms in total. The predicted molar refractivity (Wildman–Crippen MR) is 107 cm³/mol. The molecule has 0 radical (unpaired) electrons. The van der Waals surface area contributed by atoms with E-state index >= 15 is 0 Å². The summed E-state index contributed by atoms with van der Waals surface area (Å²) in [6.45, 7) is 2.18. The molecule has 0 N–H and O–H groups in total. The van der Waals surface area contributed by atoms with Gasteiger partial charge in [-0.2, -0.15) is 0 Å². The van der Waals surface area contributed by atoms with Crippen molar-refractivity contribution in [3.8, 4) is 0 Å². The van der Waals surface area contributed by atoms with E-state index in [2.05, 4.69) is 35.0 Å². The number of furan rings is 1. The van der Waals surface area contributed by atoms with Crippen molar-refractivity contribution in [1.29, 1.82) is 0 Å². The summed E-state index contributed by atoms with van der Waals surface area (Å²) in [6, 6.07) is 11.7. The summed E-state index contributed by atoms with van der Waals surface area (Å²) in [6.07, 6.45) is 5.12. The third-order valence-electron chi connectivity index (χ3n) is 3.67. The lowest BCUT2D eigenvalue weighted by molar-refractivity contribution is -0.113.